The van der Waals surface area contributed by atoms with Crippen molar-refractivity contribution in [3.8, 4) is 17.3 Å². The molecule has 0 atom stereocenters. The van der Waals surface area contributed by atoms with Crippen LogP contribution in [-0.2, 0) is 42.7 Å². The Labute approximate surface area is 417 Å². The van der Waals surface area contributed by atoms with Crippen LogP contribution in [0.5, 0.6) is 11.5 Å². The van der Waals surface area contributed by atoms with Gasteiger partial charge in [-0.1, -0.05) is 166 Å². The third-order valence-electron chi connectivity index (χ3n) is 13.9. The summed E-state index contributed by atoms with van der Waals surface area (Å²) in [6, 6.07) is 66.1. The van der Waals surface area contributed by atoms with E-state index in [9.17, 15) is 0 Å². The molecule has 1 aliphatic rings. The molecule has 0 N–H and O–H groups in total. The Morgan fingerprint density at radius 2 is 1.07 bits per heavy atom. The fourth-order valence-electron chi connectivity index (χ4n) is 9.48. The fraction of sp³-hybridized carbons (Fsp3) is 0.226. The number of benzene rings is 7. The third kappa shape index (κ3) is 8.56. The molecule has 0 bridgehead atoms. The van der Waals surface area contributed by atoms with Crippen LogP contribution in [0, 0.1) is 18.8 Å². The van der Waals surface area contributed by atoms with Crippen molar-refractivity contribution in [3.63, 3.8) is 0 Å². The molecule has 0 unspecified atom stereocenters. The fourth-order valence-corrected chi connectivity index (χ4v) is 9.48. The molecule has 7 aromatic carbocycles. The Balaban J connectivity index is 0.00000578. The minimum absolute atomic E-state index is 0. The quantitative estimate of drug-likeness (QED) is 0.135. The number of aromatic nitrogens is 2. The summed E-state index contributed by atoms with van der Waals surface area (Å²) in [5, 5.41) is 2.27. The molecule has 1 aliphatic heterocycles. The van der Waals surface area contributed by atoms with E-state index < -0.39 is 0 Å². The Kier molecular flexibility index (Phi) is 12.1. The van der Waals surface area contributed by atoms with Gasteiger partial charge >= 0.3 is 0 Å². The number of ether oxygens (including phenoxy) is 1. The van der Waals surface area contributed by atoms with E-state index in [1.165, 1.54) is 38.8 Å². The van der Waals surface area contributed by atoms with Crippen LogP contribution >= 0.6 is 0 Å². The summed E-state index contributed by atoms with van der Waals surface area (Å²) in [6.45, 7) is 24.9. The molecule has 0 saturated heterocycles. The molecule has 6 heteroatoms. The first-order valence-corrected chi connectivity index (χ1v) is 23.4. The zero-order chi connectivity index (χ0) is 46.9. The van der Waals surface area contributed by atoms with Gasteiger partial charge in [-0.2, -0.15) is 12.1 Å². The summed E-state index contributed by atoms with van der Waals surface area (Å²) in [5.74, 6) is 2.06. The topological polar surface area (TPSA) is 33.5 Å². The van der Waals surface area contributed by atoms with Gasteiger partial charge in [-0.3, -0.25) is 0 Å². The van der Waals surface area contributed by atoms with E-state index in [2.05, 4.69) is 248 Å². The summed E-state index contributed by atoms with van der Waals surface area (Å²) >= 11 is 0. The van der Waals surface area contributed by atoms with Crippen molar-refractivity contribution in [2.24, 2.45) is 0 Å². The molecule has 10 rings (SSSR count). The van der Waals surface area contributed by atoms with E-state index in [0.717, 1.165) is 45.0 Å². The maximum atomic E-state index is 6.74. The Bertz CT molecular complexity index is 3280. The second kappa shape index (κ2) is 17.6. The van der Waals surface area contributed by atoms with Gasteiger partial charge in [0.15, 0.2) is 0 Å². The molecule has 5 nitrogen and oxygen atoms in total. The first-order chi connectivity index (χ1) is 32.0. The van der Waals surface area contributed by atoms with Gasteiger partial charge in [0.2, 0.25) is 0 Å². The molecule has 2 aromatic heterocycles. The number of pyridine rings is 1. The number of hydrogen-bond donors (Lipinski definition) is 0. The van der Waals surface area contributed by atoms with E-state index in [1.807, 2.05) is 24.4 Å². The molecule has 68 heavy (non-hydrogen) atoms. The molecule has 346 valence electrons. The zero-order valence-corrected chi connectivity index (χ0v) is 43.0. The molecule has 3 heterocycles. The summed E-state index contributed by atoms with van der Waals surface area (Å²) in [7, 11) is 0. The van der Waals surface area contributed by atoms with Gasteiger partial charge in [0.05, 0.1) is 0 Å². The van der Waals surface area contributed by atoms with Crippen LogP contribution in [0.2, 0.25) is 0 Å². The predicted octanol–water partition coefficient (Wildman–Crippen LogP) is 16.2. The molecule has 0 fully saturated rings. The van der Waals surface area contributed by atoms with Gasteiger partial charge in [-0.15, -0.1) is 48.1 Å². The molecule has 9 aromatic rings. The zero-order valence-electron chi connectivity index (χ0n) is 40.8. The van der Waals surface area contributed by atoms with Crippen molar-refractivity contribution < 1.29 is 25.8 Å². The van der Waals surface area contributed by atoms with Crippen molar-refractivity contribution in [2.45, 2.75) is 90.9 Å². The van der Waals surface area contributed by atoms with Crippen LogP contribution < -0.4 is 14.5 Å². The monoisotopic (exact) mass is 1070 g/mol. The van der Waals surface area contributed by atoms with Crippen LogP contribution in [-0.4, -0.2) is 9.55 Å². The molecule has 0 saturated carbocycles. The summed E-state index contributed by atoms with van der Waals surface area (Å²) in [4.78, 5) is 9.47. The van der Waals surface area contributed by atoms with Crippen LogP contribution in [0.3, 0.4) is 0 Å². The van der Waals surface area contributed by atoms with Crippen molar-refractivity contribution in [1.29, 1.82) is 0 Å². The van der Waals surface area contributed by atoms with Crippen LogP contribution in [0.25, 0.3) is 27.6 Å². The molecular weight excluding hydrogens is 1010 g/mol. The average molecular weight is 1070 g/mol. The largest absolute Gasteiger partial charge is 0.509 e. The third-order valence-corrected chi connectivity index (χ3v) is 13.9. The first-order valence-electron chi connectivity index (χ1n) is 23.4. The minimum atomic E-state index is -0.226. The maximum absolute atomic E-state index is 6.74. The number of anilines is 4. The molecule has 0 amide bonds. The Morgan fingerprint density at radius 3 is 1.75 bits per heavy atom. The molecular formula is C62H59N4OPt-3. The van der Waals surface area contributed by atoms with Crippen LogP contribution in [0.15, 0.2) is 170 Å². The average Bonchev–Trinajstić information content (AvgIpc) is 3.87. The van der Waals surface area contributed by atoms with Gasteiger partial charge in [-0.05, 0) is 92.1 Å². The van der Waals surface area contributed by atoms with Crippen LogP contribution in [0.1, 0.15) is 103 Å². The number of hydrogen-bond acceptors (Lipinski definition) is 4. The smallest absolute Gasteiger partial charge is 0.135 e. The molecule has 0 spiro atoms. The van der Waals surface area contributed by atoms with E-state index >= 15 is 0 Å². The van der Waals surface area contributed by atoms with Crippen LogP contribution in [0.4, 0.5) is 22.7 Å². The Hall–Kier alpha value is -6.42. The SMILES string of the molecule is CC(C)(C)c1ccnc(-n2c3[c-]c(Oc4[c-]c(N5[CH-]N(c6cccc(C(C)(C)c7ccccc7)c6)c6cc(C(C)(C)c7ccccc7)ccc65)ccc4)ccc3c3cc(C(C)(C)C)ccc32)c1.[Pt]. The summed E-state index contributed by atoms with van der Waals surface area (Å²) < 4.78 is 8.97. The maximum Gasteiger partial charge on any atom is 0.135 e. The van der Waals surface area contributed by atoms with E-state index in [0.29, 0.717) is 11.5 Å². The van der Waals surface area contributed by atoms with Crippen molar-refractivity contribution >= 4 is 44.6 Å². The molecule has 0 radical (unpaired) electrons. The van der Waals surface area contributed by atoms with Gasteiger partial charge in [-0.25, -0.2) is 4.98 Å². The van der Waals surface area contributed by atoms with Gasteiger partial charge in [0.25, 0.3) is 0 Å². The standard InChI is InChI=1S/C62H59N4O.Pt/c1-59(2,3)44-27-31-54-53(36-44)52-30-29-51(40-56(52)66(54)58-38-45(33-34-63-58)60(4,5)6)67-50-26-18-25-49(39-50)64-41-65(48-24-17-23-46(35-48)61(7,8)42-19-13-11-14-20-42)57-37-47(28-32-55(57)64)62(9,10)43-21-15-12-16-22-43;/h11-38,41H,1-10H3;/q-3;. The second-order valence-corrected chi connectivity index (χ2v) is 21.1. The van der Waals surface area contributed by atoms with Gasteiger partial charge < -0.3 is 19.1 Å². The number of rotatable bonds is 9. The summed E-state index contributed by atoms with van der Waals surface area (Å²) in [6.07, 6.45) is 1.92. The van der Waals surface area contributed by atoms with E-state index in [4.69, 9.17) is 9.72 Å². The summed E-state index contributed by atoms with van der Waals surface area (Å²) in [5.41, 5.74) is 13.2. The Morgan fingerprint density at radius 1 is 0.471 bits per heavy atom. The molecule has 0 aliphatic carbocycles. The number of nitrogens with zero attached hydrogens (tertiary/aromatic N) is 4. The van der Waals surface area contributed by atoms with E-state index in [1.54, 1.807) is 0 Å². The van der Waals surface area contributed by atoms with Crippen molar-refractivity contribution in [1.82, 2.24) is 9.55 Å². The normalized spacial score (nSPS) is 13.2. The van der Waals surface area contributed by atoms with Crippen molar-refractivity contribution in [2.75, 3.05) is 9.80 Å². The predicted molar refractivity (Wildman–Crippen MR) is 279 cm³/mol. The van der Waals surface area contributed by atoms with Gasteiger partial charge in [0, 0.05) is 72.2 Å². The van der Waals surface area contributed by atoms with E-state index in [-0.39, 0.29) is 42.7 Å². The van der Waals surface area contributed by atoms with Crippen molar-refractivity contribution in [3.05, 3.63) is 222 Å². The second-order valence-electron chi connectivity index (χ2n) is 21.1. The van der Waals surface area contributed by atoms with Gasteiger partial charge in [0.1, 0.15) is 5.82 Å². The minimum Gasteiger partial charge on any atom is -0.509 e. The number of fused-ring (bicyclic) bond motifs is 4. The first kappa shape index (κ1) is 46.7.